The Kier molecular flexibility index (Phi) is 3.98. The number of carbonyl (C=O) groups excluding carboxylic acids is 1. The highest BCUT2D eigenvalue weighted by molar-refractivity contribution is 14.1. The second-order valence-electron chi connectivity index (χ2n) is 3.81. The number of rotatable bonds is 2. The number of benzene rings is 2. The number of nitrogens with one attached hydrogen (secondary N) is 1. The Morgan fingerprint density at radius 3 is 2.53 bits per heavy atom. The van der Waals surface area contributed by atoms with Crippen LogP contribution in [0.4, 0.5) is 20.2 Å². The quantitative estimate of drug-likeness (QED) is 0.626. The minimum absolute atomic E-state index is 0.0205. The van der Waals surface area contributed by atoms with E-state index in [0.29, 0.717) is 9.26 Å². The van der Waals surface area contributed by atoms with Crippen molar-refractivity contribution in [3.05, 3.63) is 57.2 Å². The number of nitrogen functional groups attached to an aromatic ring is 1. The number of carbonyl (C=O) groups is 1. The lowest BCUT2D eigenvalue weighted by atomic mass is 10.2. The lowest BCUT2D eigenvalue weighted by molar-refractivity contribution is 0.102. The summed E-state index contributed by atoms with van der Waals surface area (Å²) in [5.74, 6) is -1.52. The van der Waals surface area contributed by atoms with E-state index in [2.05, 4.69) is 5.32 Å². The lowest BCUT2D eigenvalue weighted by Gasteiger charge is -2.08. The summed E-state index contributed by atoms with van der Waals surface area (Å²) in [5.41, 5.74) is 5.92. The Morgan fingerprint density at radius 1 is 1.16 bits per heavy atom. The number of hydrogen-bond acceptors (Lipinski definition) is 2. The number of halogens is 3. The molecule has 2 rings (SSSR count). The zero-order valence-corrected chi connectivity index (χ0v) is 11.7. The SMILES string of the molecule is Nc1ccc(C(=O)Nc2ccc(F)cc2I)cc1F. The molecule has 0 unspecified atom stereocenters. The molecule has 0 fully saturated rings. The number of amides is 1. The van der Waals surface area contributed by atoms with Gasteiger partial charge in [-0.25, -0.2) is 8.78 Å². The topological polar surface area (TPSA) is 55.1 Å². The number of hydrogen-bond donors (Lipinski definition) is 2. The molecule has 1 amide bonds. The highest BCUT2D eigenvalue weighted by atomic mass is 127. The molecule has 3 nitrogen and oxygen atoms in total. The minimum atomic E-state index is -0.651. The van der Waals surface area contributed by atoms with E-state index in [4.69, 9.17) is 5.73 Å². The van der Waals surface area contributed by atoms with Gasteiger partial charge in [0.2, 0.25) is 0 Å². The van der Waals surface area contributed by atoms with Gasteiger partial charge < -0.3 is 11.1 Å². The average molecular weight is 374 g/mol. The van der Waals surface area contributed by atoms with E-state index in [1.165, 1.54) is 30.3 Å². The van der Waals surface area contributed by atoms with E-state index in [1.807, 2.05) is 22.6 Å². The molecule has 0 spiro atoms. The maximum atomic E-state index is 13.3. The molecule has 0 aromatic heterocycles. The lowest BCUT2D eigenvalue weighted by Crippen LogP contribution is -2.13. The predicted octanol–water partition coefficient (Wildman–Crippen LogP) is 3.40. The van der Waals surface area contributed by atoms with Crippen molar-refractivity contribution < 1.29 is 13.6 Å². The number of anilines is 2. The van der Waals surface area contributed by atoms with Gasteiger partial charge in [0.25, 0.3) is 5.91 Å². The van der Waals surface area contributed by atoms with Gasteiger partial charge in [0.05, 0.1) is 11.4 Å². The number of nitrogens with two attached hydrogens (primary N) is 1. The standard InChI is InChI=1S/C13H9F2IN2O/c14-8-2-4-12(10(16)6-8)18-13(19)7-1-3-11(17)9(15)5-7/h1-6H,17H2,(H,18,19). The van der Waals surface area contributed by atoms with E-state index in [9.17, 15) is 13.6 Å². The summed E-state index contributed by atoms with van der Waals surface area (Å²) < 4.78 is 26.7. The molecule has 0 radical (unpaired) electrons. The van der Waals surface area contributed by atoms with Crippen molar-refractivity contribution >= 4 is 39.9 Å². The molecule has 98 valence electrons. The van der Waals surface area contributed by atoms with Crippen molar-refractivity contribution in [1.82, 2.24) is 0 Å². The zero-order chi connectivity index (χ0) is 14.0. The first-order valence-corrected chi connectivity index (χ1v) is 6.36. The van der Waals surface area contributed by atoms with Crippen molar-refractivity contribution in [2.24, 2.45) is 0 Å². The Balaban J connectivity index is 2.23. The van der Waals surface area contributed by atoms with Crippen LogP contribution in [0.2, 0.25) is 0 Å². The molecule has 0 saturated heterocycles. The van der Waals surface area contributed by atoms with E-state index < -0.39 is 11.7 Å². The molecule has 2 aromatic carbocycles. The van der Waals surface area contributed by atoms with Crippen LogP contribution >= 0.6 is 22.6 Å². The van der Waals surface area contributed by atoms with Crippen LogP contribution in [0.15, 0.2) is 36.4 Å². The van der Waals surface area contributed by atoms with Gasteiger partial charge in [-0.05, 0) is 59.0 Å². The first kappa shape index (κ1) is 13.7. The Hall–Kier alpha value is -1.70. The third-order valence-corrected chi connectivity index (χ3v) is 3.33. The maximum Gasteiger partial charge on any atom is 0.255 e. The van der Waals surface area contributed by atoms with Crippen LogP contribution in [0.3, 0.4) is 0 Å². The Labute approximate surface area is 121 Å². The molecule has 0 aliphatic rings. The summed E-state index contributed by atoms with van der Waals surface area (Å²) in [6, 6.07) is 7.77. The first-order chi connectivity index (χ1) is 8.97. The van der Waals surface area contributed by atoms with Gasteiger partial charge in [0, 0.05) is 9.13 Å². The molecule has 19 heavy (non-hydrogen) atoms. The molecule has 3 N–H and O–H groups in total. The molecule has 0 bridgehead atoms. The Morgan fingerprint density at radius 2 is 1.89 bits per heavy atom. The second kappa shape index (κ2) is 5.52. The van der Waals surface area contributed by atoms with Crippen molar-refractivity contribution in [3.8, 4) is 0 Å². The van der Waals surface area contributed by atoms with Crippen molar-refractivity contribution in [3.63, 3.8) is 0 Å². The summed E-state index contributed by atoms with van der Waals surface area (Å²) in [7, 11) is 0. The predicted molar refractivity (Wildman–Crippen MR) is 77.9 cm³/mol. The minimum Gasteiger partial charge on any atom is -0.396 e. The summed E-state index contributed by atoms with van der Waals surface area (Å²) in [5, 5.41) is 2.58. The molecule has 0 heterocycles. The van der Waals surface area contributed by atoms with Gasteiger partial charge in [0.15, 0.2) is 0 Å². The van der Waals surface area contributed by atoms with E-state index in [-0.39, 0.29) is 17.1 Å². The van der Waals surface area contributed by atoms with Gasteiger partial charge in [0.1, 0.15) is 11.6 Å². The van der Waals surface area contributed by atoms with E-state index >= 15 is 0 Å². The molecule has 6 heteroatoms. The summed E-state index contributed by atoms with van der Waals surface area (Å²) in [6.07, 6.45) is 0. The van der Waals surface area contributed by atoms with Gasteiger partial charge in [-0.3, -0.25) is 4.79 Å². The second-order valence-corrected chi connectivity index (χ2v) is 4.98. The van der Waals surface area contributed by atoms with Crippen LogP contribution < -0.4 is 11.1 Å². The highest BCUT2D eigenvalue weighted by Crippen LogP contribution is 2.20. The van der Waals surface area contributed by atoms with Crippen LogP contribution in [-0.2, 0) is 0 Å². The summed E-state index contributed by atoms with van der Waals surface area (Å²) >= 11 is 1.90. The highest BCUT2D eigenvalue weighted by Gasteiger charge is 2.10. The average Bonchev–Trinajstić information content (AvgIpc) is 2.36. The molecular weight excluding hydrogens is 365 g/mol. The third kappa shape index (κ3) is 3.19. The van der Waals surface area contributed by atoms with E-state index in [1.54, 1.807) is 0 Å². The smallest absolute Gasteiger partial charge is 0.255 e. The zero-order valence-electron chi connectivity index (χ0n) is 9.58. The van der Waals surface area contributed by atoms with Crippen molar-refractivity contribution in [1.29, 1.82) is 0 Å². The largest absolute Gasteiger partial charge is 0.396 e. The Bertz CT molecular complexity index is 647. The van der Waals surface area contributed by atoms with Gasteiger partial charge in [-0.1, -0.05) is 0 Å². The van der Waals surface area contributed by atoms with Crippen LogP contribution in [-0.4, -0.2) is 5.91 Å². The summed E-state index contributed by atoms with van der Waals surface area (Å²) in [4.78, 5) is 11.9. The molecule has 0 saturated carbocycles. The first-order valence-electron chi connectivity index (χ1n) is 5.29. The van der Waals surface area contributed by atoms with Gasteiger partial charge in [-0.2, -0.15) is 0 Å². The van der Waals surface area contributed by atoms with Crippen LogP contribution in [0.5, 0.6) is 0 Å². The van der Waals surface area contributed by atoms with Crippen molar-refractivity contribution in [2.45, 2.75) is 0 Å². The fourth-order valence-corrected chi connectivity index (χ4v) is 2.07. The van der Waals surface area contributed by atoms with Crippen molar-refractivity contribution in [2.75, 3.05) is 11.1 Å². The van der Waals surface area contributed by atoms with Crippen LogP contribution in [0.1, 0.15) is 10.4 Å². The third-order valence-electron chi connectivity index (χ3n) is 2.44. The molecule has 0 aliphatic carbocycles. The van der Waals surface area contributed by atoms with Gasteiger partial charge in [-0.15, -0.1) is 0 Å². The van der Waals surface area contributed by atoms with Crippen LogP contribution in [0.25, 0.3) is 0 Å². The maximum absolute atomic E-state index is 13.3. The molecular formula is C13H9F2IN2O. The monoisotopic (exact) mass is 374 g/mol. The molecule has 2 aromatic rings. The fraction of sp³-hybridized carbons (Fsp3) is 0. The normalized spacial score (nSPS) is 10.3. The fourth-order valence-electron chi connectivity index (χ4n) is 1.45. The molecule has 0 aliphatic heterocycles. The van der Waals surface area contributed by atoms with Crippen LogP contribution in [0, 0.1) is 15.2 Å². The van der Waals surface area contributed by atoms with Gasteiger partial charge >= 0.3 is 0 Å². The van der Waals surface area contributed by atoms with E-state index in [0.717, 1.165) is 6.07 Å². The molecule has 0 atom stereocenters. The summed E-state index contributed by atoms with van der Waals surface area (Å²) in [6.45, 7) is 0.